The zero-order valence-electron chi connectivity index (χ0n) is 14.2. The van der Waals surface area contributed by atoms with Crippen LogP contribution in [0.1, 0.15) is 18.1 Å². The van der Waals surface area contributed by atoms with E-state index in [4.69, 9.17) is 4.74 Å². The van der Waals surface area contributed by atoms with Gasteiger partial charge in [-0.1, -0.05) is 12.1 Å². The molecule has 25 heavy (non-hydrogen) atoms. The predicted octanol–water partition coefficient (Wildman–Crippen LogP) is 0.959. The molecule has 1 unspecified atom stereocenters. The van der Waals surface area contributed by atoms with Crippen LogP contribution >= 0.6 is 0 Å². The van der Waals surface area contributed by atoms with Gasteiger partial charge < -0.3 is 10.1 Å². The number of hydrogen-bond acceptors (Lipinski definition) is 5. The first kappa shape index (κ1) is 17.5. The zero-order valence-corrected chi connectivity index (χ0v) is 15.0. The topological polar surface area (TPSA) is 96.0 Å². The maximum atomic E-state index is 12.3. The van der Waals surface area contributed by atoms with Crippen molar-refractivity contribution in [3.05, 3.63) is 29.3 Å². The molecule has 1 aromatic rings. The second kappa shape index (κ2) is 6.55. The van der Waals surface area contributed by atoms with Crippen molar-refractivity contribution in [3.8, 4) is 5.75 Å². The van der Waals surface area contributed by atoms with E-state index >= 15 is 0 Å². The van der Waals surface area contributed by atoms with E-state index in [9.17, 15) is 18.0 Å². The molecule has 2 heterocycles. The molecule has 1 saturated heterocycles. The van der Waals surface area contributed by atoms with Gasteiger partial charge in [0.15, 0.2) is 0 Å². The molecule has 136 valence electrons. The van der Waals surface area contributed by atoms with Gasteiger partial charge in [0.05, 0.1) is 26.0 Å². The average molecular weight is 367 g/mol. The van der Waals surface area contributed by atoms with Crippen molar-refractivity contribution >= 4 is 22.1 Å². The Bertz CT molecular complexity index is 808. The number of benzene rings is 1. The molecule has 8 nitrogen and oxygen atoms in total. The summed E-state index contributed by atoms with van der Waals surface area (Å²) in [5.74, 6) is 0.906. The molecule has 2 aliphatic heterocycles. The van der Waals surface area contributed by atoms with Crippen molar-refractivity contribution < 1.29 is 22.7 Å². The minimum Gasteiger partial charge on any atom is -0.493 e. The summed E-state index contributed by atoms with van der Waals surface area (Å²) in [5.41, 5.74) is 2.23. The number of carbonyl (C=O) groups is 2. The fourth-order valence-corrected chi connectivity index (χ4v) is 3.87. The van der Waals surface area contributed by atoms with Crippen LogP contribution in [0, 0.1) is 0 Å². The Morgan fingerprint density at radius 1 is 1.36 bits per heavy atom. The summed E-state index contributed by atoms with van der Waals surface area (Å²) in [6.07, 6.45) is 2.44. The third-order valence-corrected chi connectivity index (χ3v) is 5.42. The molecule has 0 bridgehead atoms. The summed E-state index contributed by atoms with van der Waals surface area (Å²) < 4.78 is 29.2. The number of ether oxygens (including phenoxy) is 1. The van der Waals surface area contributed by atoms with Crippen LogP contribution in [0.15, 0.2) is 18.2 Å². The van der Waals surface area contributed by atoms with Crippen molar-refractivity contribution in [1.29, 1.82) is 0 Å². The highest BCUT2D eigenvalue weighted by Gasteiger charge is 2.38. The van der Waals surface area contributed by atoms with Crippen LogP contribution in [-0.2, 0) is 22.9 Å². The van der Waals surface area contributed by atoms with E-state index in [1.165, 1.54) is 0 Å². The summed E-state index contributed by atoms with van der Waals surface area (Å²) in [6.45, 7) is 2.58. The van der Waals surface area contributed by atoms with Crippen LogP contribution in [0.5, 0.6) is 5.75 Å². The van der Waals surface area contributed by atoms with Gasteiger partial charge in [0, 0.05) is 12.5 Å². The van der Waals surface area contributed by atoms with Gasteiger partial charge in [0.25, 0.3) is 0 Å². The molecule has 0 spiro atoms. The third-order valence-electron chi connectivity index (χ3n) is 4.28. The fraction of sp³-hybridized carbons (Fsp3) is 0.500. The van der Waals surface area contributed by atoms with E-state index in [0.29, 0.717) is 17.3 Å². The Morgan fingerprint density at radius 2 is 2.12 bits per heavy atom. The summed E-state index contributed by atoms with van der Waals surface area (Å²) in [5, 5.41) is 2.75. The van der Waals surface area contributed by atoms with Crippen LogP contribution < -0.4 is 10.1 Å². The fourth-order valence-electron chi connectivity index (χ4n) is 3.07. The maximum Gasteiger partial charge on any atom is 0.341 e. The molecule has 0 saturated carbocycles. The molecule has 1 atom stereocenters. The number of nitrogens with one attached hydrogen (secondary N) is 1. The molecule has 1 N–H and O–H groups in total. The van der Waals surface area contributed by atoms with Gasteiger partial charge in [-0.25, -0.2) is 27.2 Å². The lowest BCUT2D eigenvalue weighted by Crippen LogP contribution is -2.46. The van der Waals surface area contributed by atoms with Crippen LogP contribution in [0.25, 0.3) is 0 Å². The lowest BCUT2D eigenvalue weighted by molar-refractivity contribution is 0.192. The van der Waals surface area contributed by atoms with Crippen molar-refractivity contribution in [3.63, 3.8) is 0 Å². The lowest BCUT2D eigenvalue weighted by Gasteiger charge is -2.20. The monoisotopic (exact) mass is 367 g/mol. The first-order valence-corrected chi connectivity index (χ1v) is 9.95. The molecule has 0 radical (unpaired) electrons. The van der Waals surface area contributed by atoms with Gasteiger partial charge in [0.2, 0.25) is 10.0 Å². The van der Waals surface area contributed by atoms with Crippen LogP contribution in [-0.4, -0.2) is 61.7 Å². The van der Waals surface area contributed by atoms with Gasteiger partial charge in [-0.15, -0.1) is 0 Å². The highest BCUT2D eigenvalue weighted by molar-refractivity contribution is 7.88. The Hall–Kier alpha value is -2.29. The number of amides is 4. The van der Waals surface area contributed by atoms with Crippen molar-refractivity contribution in [1.82, 2.24) is 14.5 Å². The highest BCUT2D eigenvalue weighted by Crippen LogP contribution is 2.26. The quantitative estimate of drug-likeness (QED) is 0.855. The normalized spacial score (nSPS) is 18.1. The molecular formula is C16H21N3O5S. The van der Waals surface area contributed by atoms with Crippen LogP contribution in [0.3, 0.4) is 0 Å². The van der Waals surface area contributed by atoms with Crippen LogP contribution in [0.4, 0.5) is 9.59 Å². The molecule has 2 aliphatic rings. The zero-order chi connectivity index (χ0) is 18.2. The summed E-state index contributed by atoms with van der Waals surface area (Å²) in [4.78, 5) is 25.3. The maximum absolute atomic E-state index is 12.3. The van der Waals surface area contributed by atoms with Gasteiger partial charge in [0.1, 0.15) is 5.75 Å². The molecule has 3 rings (SSSR count). The van der Waals surface area contributed by atoms with Crippen molar-refractivity contribution in [2.45, 2.75) is 25.8 Å². The third kappa shape index (κ3) is 3.71. The largest absolute Gasteiger partial charge is 0.493 e. The van der Waals surface area contributed by atoms with Crippen molar-refractivity contribution in [2.75, 3.05) is 26.0 Å². The van der Waals surface area contributed by atoms with E-state index in [1.54, 1.807) is 0 Å². The summed E-state index contributed by atoms with van der Waals surface area (Å²) >= 11 is 0. The lowest BCUT2D eigenvalue weighted by atomic mass is 10.0. The minimum atomic E-state index is -3.65. The first-order chi connectivity index (χ1) is 11.8. The molecule has 0 aliphatic carbocycles. The van der Waals surface area contributed by atoms with E-state index in [2.05, 4.69) is 11.4 Å². The second-order valence-corrected chi connectivity index (χ2v) is 8.27. The molecule has 1 fully saturated rings. The number of rotatable bonds is 4. The van der Waals surface area contributed by atoms with E-state index in [1.807, 2.05) is 19.1 Å². The number of nitrogens with zero attached hydrogens (tertiary/aromatic N) is 2. The predicted molar refractivity (Wildman–Crippen MR) is 91.0 cm³/mol. The number of fused-ring (bicyclic) bond motifs is 1. The van der Waals surface area contributed by atoms with Gasteiger partial charge >= 0.3 is 12.1 Å². The van der Waals surface area contributed by atoms with Gasteiger partial charge in [-0.05, 0) is 30.5 Å². The first-order valence-electron chi connectivity index (χ1n) is 8.10. The van der Waals surface area contributed by atoms with Crippen molar-refractivity contribution in [2.24, 2.45) is 0 Å². The number of imide groups is 1. The molecular weight excluding hydrogens is 346 g/mol. The molecule has 1 aromatic carbocycles. The smallest absolute Gasteiger partial charge is 0.341 e. The highest BCUT2D eigenvalue weighted by atomic mass is 32.2. The van der Waals surface area contributed by atoms with Gasteiger partial charge in [-0.3, -0.25) is 0 Å². The Balaban J connectivity index is 1.59. The summed E-state index contributed by atoms with van der Waals surface area (Å²) in [7, 11) is -3.65. The number of sulfonamides is 1. The molecule has 0 aromatic heterocycles. The Labute approximate surface area is 146 Å². The van der Waals surface area contributed by atoms with E-state index in [-0.39, 0.29) is 19.1 Å². The molecule has 4 amide bonds. The number of urea groups is 2. The SMILES string of the molecule is CC(Cc1ccc2c(c1)CCO2)NC(=O)N1CCN(S(C)(=O)=O)C1=O. The number of carbonyl (C=O) groups excluding carboxylic acids is 2. The summed E-state index contributed by atoms with van der Waals surface area (Å²) in [6, 6.07) is 4.37. The van der Waals surface area contributed by atoms with E-state index < -0.39 is 22.1 Å². The minimum absolute atomic E-state index is 0.00963. The van der Waals surface area contributed by atoms with E-state index in [0.717, 1.165) is 34.5 Å². The average Bonchev–Trinajstić information content (AvgIpc) is 3.12. The van der Waals surface area contributed by atoms with Crippen LogP contribution in [0.2, 0.25) is 0 Å². The standard InChI is InChI=1S/C16H21N3O5S/c1-11(9-12-3-4-14-13(10-12)5-8-24-14)17-15(20)18-6-7-19(16(18)21)25(2,22)23/h3-4,10-11H,5-9H2,1-2H3,(H,17,20). The number of hydrogen-bond donors (Lipinski definition) is 1. The van der Waals surface area contributed by atoms with Gasteiger partial charge in [-0.2, -0.15) is 0 Å². The Kier molecular flexibility index (Phi) is 4.59. The molecule has 9 heteroatoms. The Morgan fingerprint density at radius 3 is 2.80 bits per heavy atom. The second-order valence-electron chi connectivity index (χ2n) is 6.36.